The van der Waals surface area contributed by atoms with Crippen LogP contribution in [-0.4, -0.2) is 10.9 Å². The van der Waals surface area contributed by atoms with Crippen LogP contribution in [0.2, 0.25) is 0 Å². The Balaban J connectivity index is 2.19. The third-order valence-corrected chi connectivity index (χ3v) is 4.27. The van der Waals surface area contributed by atoms with Gasteiger partial charge in [-0.2, -0.15) is 0 Å². The van der Waals surface area contributed by atoms with Gasteiger partial charge in [0, 0.05) is 11.8 Å². The molecule has 2 heteroatoms. The molecule has 1 atom stereocenters. The summed E-state index contributed by atoms with van der Waals surface area (Å²) in [6.07, 6.45) is 5.27. The maximum absolute atomic E-state index is 11.5. The number of phenolic OH excluding ortho intramolecular Hbond substituents is 1. The highest BCUT2D eigenvalue weighted by Gasteiger charge is 2.38. The Bertz CT molecular complexity index is 528. The Morgan fingerprint density at radius 3 is 2.88 bits per heavy atom. The van der Waals surface area contributed by atoms with Gasteiger partial charge in [0.05, 0.1) is 0 Å². The summed E-state index contributed by atoms with van der Waals surface area (Å²) >= 11 is 0. The molecule has 0 amide bonds. The zero-order valence-corrected chi connectivity index (χ0v) is 9.99. The van der Waals surface area contributed by atoms with Crippen molar-refractivity contribution in [1.82, 2.24) is 0 Å². The molecule has 3 rings (SSSR count). The number of hydrogen-bond donors (Lipinski definition) is 1. The highest BCUT2D eigenvalue weighted by atomic mass is 16.3. The van der Waals surface area contributed by atoms with Crippen LogP contribution in [0.15, 0.2) is 29.8 Å². The largest absolute Gasteiger partial charge is 0.508 e. The van der Waals surface area contributed by atoms with E-state index in [0.717, 1.165) is 19.3 Å². The van der Waals surface area contributed by atoms with Gasteiger partial charge in [0.25, 0.3) is 0 Å². The van der Waals surface area contributed by atoms with E-state index in [2.05, 4.69) is 6.92 Å². The molecule has 1 aromatic rings. The summed E-state index contributed by atoms with van der Waals surface area (Å²) in [5, 5.41) is 9.66. The molecule has 0 aromatic heterocycles. The van der Waals surface area contributed by atoms with E-state index in [4.69, 9.17) is 0 Å². The predicted molar refractivity (Wildman–Crippen MR) is 66.1 cm³/mol. The van der Waals surface area contributed by atoms with E-state index >= 15 is 0 Å². The topological polar surface area (TPSA) is 37.3 Å². The molecule has 0 bridgehead atoms. The minimum atomic E-state index is -0.0414. The van der Waals surface area contributed by atoms with Gasteiger partial charge in [0.15, 0.2) is 5.78 Å². The molecular weight excluding hydrogens is 212 g/mol. The Morgan fingerprint density at radius 1 is 1.24 bits per heavy atom. The van der Waals surface area contributed by atoms with Gasteiger partial charge in [0.2, 0.25) is 0 Å². The van der Waals surface area contributed by atoms with Gasteiger partial charge in [-0.25, -0.2) is 0 Å². The molecule has 0 aliphatic heterocycles. The van der Waals surface area contributed by atoms with E-state index in [1.165, 1.54) is 16.7 Å². The number of fused-ring (bicyclic) bond motifs is 3. The van der Waals surface area contributed by atoms with Crippen molar-refractivity contribution < 1.29 is 9.90 Å². The third-order valence-electron chi connectivity index (χ3n) is 4.27. The smallest absolute Gasteiger partial charge is 0.155 e. The molecule has 0 saturated heterocycles. The van der Waals surface area contributed by atoms with Gasteiger partial charge in [0.1, 0.15) is 5.75 Å². The predicted octanol–water partition coefficient (Wildman–Crippen LogP) is 2.89. The Morgan fingerprint density at radius 2 is 2.06 bits per heavy atom. The second kappa shape index (κ2) is 3.46. The number of benzene rings is 1. The van der Waals surface area contributed by atoms with Crippen molar-refractivity contribution in [3.05, 3.63) is 41.0 Å². The molecule has 0 fully saturated rings. The van der Waals surface area contributed by atoms with Crippen molar-refractivity contribution in [2.75, 3.05) is 0 Å². The van der Waals surface area contributed by atoms with Crippen LogP contribution in [0.5, 0.6) is 5.75 Å². The minimum absolute atomic E-state index is 0.0414. The number of carbonyl (C=O) groups is 1. The second-order valence-corrected chi connectivity index (χ2v) is 5.31. The zero-order chi connectivity index (χ0) is 12.0. The van der Waals surface area contributed by atoms with E-state index in [1.54, 1.807) is 6.07 Å². The number of rotatable bonds is 0. The Hall–Kier alpha value is -1.57. The molecule has 2 aliphatic rings. The summed E-state index contributed by atoms with van der Waals surface area (Å²) in [6, 6.07) is 5.64. The van der Waals surface area contributed by atoms with E-state index in [0.29, 0.717) is 12.2 Å². The highest BCUT2D eigenvalue weighted by Crippen LogP contribution is 2.47. The summed E-state index contributed by atoms with van der Waals surface area (Å²) in [4.78, 5) is 11.5. The normalized spacial score (nSPS) is 27.1. The summed E-state index contributed by atoms with van der Waals surface area (Å²) in [7, 11) is 0. The molecule has 0 saturated carbocycles. The van der Waals surface area contributed by atoms with Crippen molar-refractivity contribution in [2.24, 2.45) is 0 Å². The molecule has 0 radical (unpaired) electrons. The standard InChI is InChI=1S/C15H16O2/c1-15-7-6-13(17)8-11(15)4-2-10-3-5-12(16)9-14(10)15/h3,5,8-9,16H,2,4,6-7H2,1H3/t15-/m0/s1. The highest BCUT2D eigenvalue weighted by molar-refractivity contribution is 5.92. The molecule has 0 spiro atoms. The third kappa shape index (κ3) is 1.51. The lowest BCUT2D eigenvalue weighted by atomic mass is 9.63. The van der Waals surface area contributed by atoms with E-state index in [1.807, 2.05) is 18.2 Å². The SMILES string of the molecule is C[C@]12CCC(=O)C=C1CCc1ccc(O)cc12. The van der Waals surface area contributed by atoms with Gasteiger partial charge in [-0.1, -0.05) is 18.6 Å². The van der Waals surface area contributed by atoms with Gasteiger partial charge in [-0.05, 0) is 48.6 Å². The summed E-state index contributed by atoms with van der Waals surface area (Å²) in [6.45, 7) is 2.20. The maximum Gasteiger partial charge on any atom is 0.155 e. The first-order valence-electron chi connectivity index (χ1n) is 6.16. The fourth-order valence-corrected chi connectivity index (χ4v) is 3.18. The number of aromatic hydroxyl groups is 1. The van der Waals surface area contributed by atoms with Crippen LogP contribution in [0, 0.1) is 0 Å². The number of allylic oxidation sites excluding steroid dienone is 2. The number of phenols is 1. The molecule has 2 aliphatic carbocycles. The Kier molecular flexibility index (Phi) is 2.15. The van der Waals surface area contributed by atoms with Crippen LogP contribution >= 0.6 is 0 Å². The van der Waals surface area contributed by atoms with Crippen molar-refractivity contribution in [3.63, 3.8) is 0 Å². The van der Waals surface area contributed by atoms with Crippen LogP contribution in [0.25, 0.3) is 0 Å². The molecule has 0 unspecified atom stereocenters. The van der Waals surface area contributed by atoms with E-state index in [9.17, 15) is 9.90 Å². The lowest BCUT2D eigenvalue weighted by molar-refractivity contribution is -0.115. The average Bonchev–Trinajstić information content (AvgIpc) is 2.31. The maximum atomic E-state index is 11.5. The minimum Gasteiger partial charge on any atom is -0.508 e. The number of aryl methyl sites for hydroxylation is 1. The fraction of sp³-hybridized carbons (Fsp3) is 0.400. The number of hydrogen-bond acceptors (Lipinski definition) is 2. The number of ketones is 1. The molecule has 17 heavy (non-hydrogen) atoms. The van der Waals surface area contributed by atoms with E-state index in [-0.39, 0.29) is 11.2 Å². The summed E-state index contributed by atoms with van der Waals surface area (Å²) < 4.78 is 0. The molecular formula is C15H16O2. The van der Waals surface area contributed by atoms with Crippen molar-refractivity contribution in [2.45, 2.75) is 38.0 Å². The van der Waals surface area contributed by atoms with Crippen LogP contribution < -0.4 is 0 Å². The van der Waals surface area contributed by atoms with Gasteiger partial charge in [-0.3, -0.25) is 4.79 Å². The first-order chi connectivity index (χ1) is 8.09. The average molecular weight is 228 g/mol. The molecule has 1 N–H and O–H groups in total. The lowest BCUT2D eigenvalue weighted by Crippen LogP contribution is -2.34. The summed E-state index contributed by atoms with van der Waals surface area (Å²) in [5.74, 6) is 0.573. The fourth-order valence-electron chi connectivity index (χ4n) is 3.18. The molecule has 1 aromatic carbocycles. The van der Waals surface area contributed by atoms with Crippen molar-refractivity contribution >= 4 is 5.78 Å². The molecule has 2 nitrogen and oxygen atoms in total. The van der Waals surface area contributed by atoms with Gasteiger partial charge >= 0.3 is 0 Å². The van der Waals surface area contributed by atoms with Crippen LogP contribution in [0.1, 0.15) is 37.3 Å². The summed E-state index contributed by atoms with van der Waals surface area (Å²) in [5.41, 5.74) is 3.73. The first kappa shape index (κ1) is 10.6. The van der Waals surface area contributed by atoms with Crippen LogP contribution in [-0.2, 0) is 16.6 Å². The van der Waals surface area contributed by atoms with Crippen molar-refractivity contribution in [3.8, 4) is 5.75 Å². The second-order valence-electron chi connectivity index (χ2n) is 5.31. The lowest BCUT2D eigenvalue weighted by Gasteiger charge is -2.40. The van der Waals surface area contributed by atoms with Crippen LogP contribution in [0.4, 0.5) is 0 Å². The Labute approximate surface area is 101 Å². The zero-order valence-electron chi connectivity index (χ0n) is 9.99. The molecule has 0 heterocycles. The van der Waals surface area contributed by atoms with Crippen molar-refractivity contribution in [1.29, 1.82) is 0 Å². The van der Waals surface area contributed by atoms with Gasteiger partial charge in [-0.15, -0.1) is 0 Å². The molecule has 88 valence electrons. The quantitative estimate of drug-likeness (QED) is 0.741. The first-order valence-corrected chi connectivity index (χ1v) is 6.16. The van der Waals surface area contributed by atoms with E-state index < -0.39 is 0 Å². The van der Waals surface area contributed by atoms with Gasteiger partial charge < -0.3 is 5.11 Å². The monoisotopic (exact) mass is 228 g/mol. The number of carbonyl (C=O) groups excluding carboxylic acids is 1. The van der Waals surface area contributed by atoms with Crippen LogP contribution in [0.3, 0.4) is 0 Å².